The van der Waals surface area contributed by atoms with Crippen LogP contribution >= 0.6 is 11.8 Å². The molecule has 1 aromatic heterocycles. The van der Waals surface area contributed by atoms with E-state index in [4.69, 9.17) is 5.73 Å². The van der Waals surface area contributed by atoms with Crippen molar-refractivity contribution in [2.45, 2.75) is 12.6 Å². The lowest BCUT2D eigenvalue weighted by Gasteiger charge is -2.36. The minimum atomic E-state index is 0.709. The van der Waals surface area contributed by atoms with Gasteiger partial charge >= 0.3 is 0 Å². The molecule has 1 aliphatic rings. The smallest absolute Gasteiger partial charge is 0.0544 e. The summed E-state index contributed by atoms with van der Waals surface area (Å²) in [6.07, 6.45) is 1.85. The topological polar surface area (TPSA) is 42.1 Å². The predicted octanol–water partition coefficient (Wildman–Crippen LogP) is 0.958. The highest BCUT2D eigenvalue weighted by atomic mass is 32.2. The largest absolute Gasteiger partial charge is 0.329 e. The third-order valence-electron chi connectivity index (χ3n) is 2.64. The van der Waals surface area contributed by atoms with E-state index in [1.807, 2.05) is 30.1 Å². The number of thioether (sulfide) groups is 1. The number of rotatable bonds is 5. The first-order valence-corrected chi connectivity index (χ1v) is 6.47. The molecule has 0 unspecified atom stereocenters. The van der Waals surface area contributed by atoms with Crippen molar-refractivity contribution >= 4 is 11.8 Å². The summed E-state index contributed by atoms with van der Waals surface area (Å²) in [5, 5.41) is 0. The Morgan fingerprint density at radius 1 is 1.47 bits per heavy atom. The van der Waals surface area contributed by atoms with E-state index in [2.05, 4.69) is 16.0 Å². The van der Waals surface area contributed by atoms with Crippen molar-refractivity contribution < 1.29 is 0 Å². The second-order valence-electron chi connectivity index (χ2n) is 3.77. The molecule has 0 radical (unpaired) electrons. The lowest BCUT2D eigenvalue weighted by Crippen LogP contribution is -2.46. The fourth-order valence-electron chi connectivity index (χ4n) is 1.69. The van der Waals surface area contributed by atoms with E-state index in [-0.39, 0.29) is 0 Å². The van der Waals surface area contributed by atoms with Crippen LogP contribution in [0.25, 0.3) is 0 Å². The minimum Gasteiger partial charge on any atom is -0.329 e. The molecular formula is C11H17N3S. The molecule has 3 nitrogen and oxygen atoms in total. The molecule has 4 heteroatoms. The molecule has 0 aromatic carbocycles. The van der Waals surface area contributed by atoms with Gasteiger partial charge in [0.2, 0.25) is 0 Å². The van der Waals surface area contributed by atoms with Gasteiger partial charge in [-0.05, 0) is 12.1 Å². The van der Waals surface area contributed by atoms with Crippen molar-refractivity contribution in [2.24, 2.45) is 5.73 Å². The lowest BCUT2D eigenvalue weighted by atomic mass is 10.2. The molecule has 15 heavy (non-hydrogen) atoms. The minimum absolute atomic E-state index is 0.709. The van der Waals surface area contributed by atoms with Crippen molar-refractivity contribution in [3.05, 3.63) is 30.1 Å². The van der Waals surface area contributed by atoms with Gasteiger partial charge < -0.3 is 5.73 Å². The first-order valence-electron chi connectivity index (χ1n) is 5.32. The van der Waals surface area contributed by atoms with Crippen LogP contribution in [0, 0.1) is 0 Å². The zero-order chi connectivity index (χ0) is 10.5. The molecule has 1 saturated heterocycles. The van der Waals surface area contributed by atoms with E-state index < -0.39 is 0 Å². The van der Waals surface area contributed by atoms with Crippen molar-refractivity contribution in [1.29, 1.82) is 0 Å². The van der Waals surface area contributed by atoms with Crippen molar-refractivity contribution in [1.82, 2.24) is 9.88 Å². The highest BCUT2D eigenvalue weighted by Gasteiger charge is 2.25. The van der Waals surface area contributed by atoms with Gasteiger partial charge in [-0.2, -0.15) is 11.8 Å². The molecule has 0 saturated carbocycles. The lowest BCUT2D eigenvalue weighted by molar-refractivity contribution is 0.215. The SMILES string of the molecule is NCCN(Cc1ccccn1)C1CSC1. The molecule has 0 atom stereocenters. The van der Waals surface area contributed by atoms with Crippen LogP contribution in [-0.4, -0.2) is 40.5 Å². The number of nitrogens with zero attached hydrogens (tertiary/aromatic N) is 2. The van der Waals surface area contributed by atoms with Crippen LogP contribution in [0.4, 0.5) is 0 Å². The Balaban J connectivity index is 1.93. The normalized spacial score (nSPS) is 16.7. The van der Waals surface area contributed by atoms with Crippen LogP contribution in [0.5, 0.6) is 0 Å². The highest BCUT2D eigenvalue weighted by molar-refractivity contribution is 8.00. The Bertz CT molecular complexity index is 287. The summed E-state index contributed by atoms with van der Waals surface area (Å²) in [5.74, 6) is 2.49. The standard InChI is InChI=1S/C11H17N3S/c12-4-6-14(11-8-15-9-11)7-10-3-1-2-5-13-10/h1-3,5,11H,4,6-9,12H2. The van der Waals surface area contributed by atoms with Gasteiger partial charge in [-0.25, -0.2) is 0 Å². The quantitative estimate of drug-likeness (QED) is 0.807. The predicted molar refractivity (Wildman–Crippen MR) is 64.8 cm³/mol. The first-order chi connectivity index (χ1) is 7.40. The Labute approximate surface area is 95.1 Å². The molecule has 0 amide bonds. The summed E-state index contributed by atoms with van der Waals surface area (Å²) < 4.78 is 0. The van der Waals surface area contributed by atoms with Crippen LogP contribution in [0.15, 0.2) is 24.4 Å². The van der Waals surface area contributed by atoms with E-state index in [0.717, 1.165) is 25.3 Å². The van der Waals surface area contributed by atoms with Crippen molar-refractivity contribution in [3.63, 3.8) is 0 Å². The first kappa shape index (κ1) is 10.9. The van der Waals surface area contributed by atoms with Crippen LogP contribution in [0.2, 0.25) is 0 Å². The van der Waals surface area contributed by atoms with Gasteiger partial charge in [-0.3, -0.25) is 9.88 Å². The molecule has 82 valence electrons. The zero-order valence-electron chi connectivity index (χ0n) is 8.80. The van der Waals surface area contributed by atoms with Gasteiger partial charge in [0.1, 0.15) is 0 Å². The molecular weight excluding hydrogens is 206 g/mol. The van der Waals surface area contributed by atoms with Gasteiger partial charge in [-0.15, -0.1) is 0 Å². The monoisotopic (exact) mass is 223 g/mol. The fourth-order valence-corrected chi connectivity index (χ4v) is 2.56. The Kier molecular flexibility index (Phi) is 4.00. The zero-order valence-corrected chi connectivity index (χ0v) is 9.62. The van der Waals surface area contributed by atoms with E-state index >= 15 is 0 Å². The summed E-state index contributed by atoms with van der Waals surface area (Å²) in [6.45, 7) is 2.64. The Morgan fingerprint density at radius 2 is 2.33 bits per heavy atom. The van der Waals surface area contributed by atoms with E-state index in [1.165, 1.54) is 11.5 Å². The summed E-state index contributed by atoms with van der Waals surface area (Å²) >= 11 is 2.01. The third-order valence-corrected chi connectivity index (χ3v) is 3.89. The van der Waals surface area contributed by atoms with Gasteiger partial charge in [0.15, 0.2) is 0 Å². The molecule has 0 spiro atoms. The third kappa shape index (κ3) is 2.93. The van der Waals surface area contributed by atoms with Crippen molar-refractivity contribution in [2.75, 3.05) is 24.6 Å². The fraction of sp³-hybridized carbons (Fsp3) is 0.545. The molecule has 1 aromatic rings. The number of aromatic nitrogens is 1. The van der Waals surface area contributed by atoms with Crippen LogP contribution in [0.1, 0.15) is 5.69 Å². The number of nitrogens with two attached hydrogens (primary N) is 1. The van der Waals surface area contributed by atoms with Gasteiger partial charge in [0, 0.05) is 43.4 Å². The molecule has 2 heterocycles. The second-order valence-corrected chi connectivity index (χ2v) is 4.85. The van der Waals surface area contributed by atoms with Gasteiger partial charge in [0.05, 0.1) is 5.69 Å². The maximum Gasteiger partial charge on any atom is 0.0544 e. The van der Waals surface area contributed by atoms with E-state index in [9.17, 15) is 0 Å². The number of pyridine rings is 1. The maximum absolute atomic E-state index is 5.63. The van der Waals surface area contributed by atoms with E-state index in [0.29, 0.717) is 6.04 Å². The van der Waals surface area contributed by atoms with Crippen LogP contribution < -0.4 is 5.73 Å². The van der Waals surface area contributed by atoms with Crippen LogP contribution in [0.3, 0.4) is 0 Å². The summed E-state index contributed by atoms with van der Waals surface area (Å²) in [5.41, 5.74) is 6.77. The molecule has 1 fully saturated rings. The Hall–Kier alpha value is -0.580. The molecule has 2 rings (SSSR count). The molecule has 1 aliphatic heterocycles. The molecule has 2 N–H and O–H groups in total. The molecule has 0 bridgehead atoms. The average molecular weight is 223 g/mol. The average Bonchev–Trinajstić information content (AvgIpc) is 2.17. The molecule has 0 aliphatic carbocycles. The van der Waals surface area contributed by atoms with Gasteiger partial charge in [0.25, 0.3) is 0 Å². The number of hydrogen-bond donors (Lipinski definition) is 1. The van der Waals surface area contributed by atoms with E-state index in [1.54, 1.807) is 0 Å². The van der Waals surface area contributed by atoms with Crippen LogP contribution in [-0.2, 0) is 6.54 Å². The Morgan fingerprint density at radius 3 is 2.87 bits per heavy atom. The maximum atomic E-state index is 5.63. The highest BCUT2D eigenvalue weighted by Crippen LogP contribution is 2.23. The summed E-state index contributed by atoms with van der Waals surface area (Å²) in [4.78, 5) is 6.80. The van der Waals surface area contributed by atoms with Crippen molar-refractivity contribution in [3.8, 4) is 0 Å². The summed E-state index contributed by atoms with van der Waals surface area (Å²) in [6, 6.07) is 6.78. The summed E-state index contributed by atoms with van der Waals surface area (Å²) in [7, 11) is 0. The second kappa shape index (κ2) is 5.49. The van der Waals surface area contributed by atoms with Gasteiger partial charge in [-0.1, -0.05) is 6.07 Å². The number of hydrogen-bond acceptors (Lipinski definition) is 4.